The highest BCUT2D eigenvalue weighted by Gasteiger charge is 2.14. The molecule has 0 aliphatic rings. The number of rotatable bonds is 11. The maximum absolute atomic E-state index is 12.2. The molecular formula is C22H24N2O7. The fourth-order valence-electron chi connectivity index (χ4n) is 2.62. The number of nitro benzene ring substituents is 1. The number of nitrogens with zero attached hydrogens (tertiary/aromatic N) is 1. The number of amides is 1. The van der Waals surface area contributed by atoms with Gasteiger partial charge in [-0.25, -0.2) is 0 Å². The Kier molecular flexibility index (Phi) is 8.68. The van der Waals surface area contributed by atoms with Crippen molar-refractivity contribution in [3.8, 4) is 5.75 Å². The highest BCUT2D eigenvalue weighted by molar-refractivity contribution is 5.98. The molecule has 1 amide bonds. The molecule has 9 heteroatoms. The Morgan fingerprint density at radius 3 is 2.39 bits per heavy atom. The third-order valence-corrected chi connectivity index (χ3v) is 4.26. The summed E-state index contributed by atoms with van der Waals surface area (Å²) >= 11 is 0. The summed E-state index contributed by atoms with van der Waals surface area (Å²) in [5.74, 6) is -0.803. The number of benzene rings is 2. The molecule has 0 fully saturated rings. The fourth-order valence-corrected chi connectivity index (χ4v) is 2.62. The van der Waals surface area contributed by atoms with Crippen LogP contribution in [0.15, 0.2) is 42.5 Å². The number of non-ortho nitro benzene ring substituents is 1. The van der Waals surface area contributed by atoms with Crippen LogP contribution in [0.4, 0.5) is 11.4 Å². The number of carbonyl (C=O) groups is 3. The van der Waals surface area contributed by atoms with E-state index in [4.69, 9.17) is 9.47 Å². The summed E-state index contributed by atoms with van der Waals surface area (Å²) in [5.41, 5.74) is 1.26. The highest BCUT2D eigenvalue weighted by Crippen LogP contribution is 2.21. The second-order valence-electron chi connectivity index (χ2n) is 6.76. The van der Waals surface area contributed by atoms with Gasteiger partial charge in [-0.2, -0.15) is 0 Å². The summed E-state index contributed by atoms with van der Waals surface area (Å²) in [6, 6.07) is 10.7. The highest BCUT2D eigenvalue weighted by atomic mass is 16.6. The molecule has 9 nitrogen and oxygen atoms in total. The summed E-state index contributed by atoms with van der Waals surface area (Å²) in [4.78, 5) is 46.2. The summed E-state index contributed by atoms with van der Waals surface area (Å²) in [5, 5.41) is 13.3. The first kappa shape index (κ1) is 23.5. The molecule has 0 radical (unpaired) electrons. The van der Waals surface area contributed by atoms with E-state index in [-0.39, 0.29) is 24.3 Å². The summed E-state index contributed by atoms with van der Waals surface area (Å²) in [6.45, 7) is 3.68. The molecule has 0 unspecified atom stereocenters. The van der Waals surface area contributed by atoms with E-state index in [2.05, 4.69) is 5.32 Å². The first-order valence-corrected chi connectivity index (χ1v) is 9.76. The second kappa shape index (κ2) is 11.4. The van der Waals surface area contributed by atoms with Crippen molar-refractivity contribution in [2.24, 2.45) is 0 Å². The van der Waals surface area contributed by atoms with Crippen LogP contribution in [0, 0.1) is 17.0 Å². The second-order valence-corrected chi connectivity index (χ2v) is 6.76. The smallest absolute Gasteiger partial charge is 0.306 e. The molecule has 0 aliphatic heterocycles. The van der Waals surface area contributed by atoms with Crippen molar-refractivity contribution in [3.05, 3.63) is 63.7 Å². The minimum Gasteiger partial charge on any atom is -0.494 e. The monoisotopic (exact) mass is 428 g/mol. The van der Waals surface area contributed by atoms with Gasteiger partial charge >= 0.3 is 5.97 Å². The zero-order valence-electron chi connectivity index (χ0n) is 17.4. The van der Waals surface area contributed by atoms with Gasteiger partial charge in [0.2, 0.25) is 0 Å². The van der Waals surface area contributed by atoms with Crippen molar-refractivity contribution < 1.29 is 28.8 Å². The average Bonchev–Trinajstić information content (AvgIpc) is 2.76. The summed E-state index contributed by atoms with van der Waals surface area (Å²) in [6.07, 6.45) is 0.683. The molecule has 0 atom stereocenters. The van der Waals surface area contributed by atoms with E-state index in [1.807, 2.05) is 6.92 Å². The van der Waals surface area contributed by atoms with Crippen LogP contribution in [0.3, 0.4) is 0 Å². The molecule has 31 heavy (non-hydrogen) atoms. The molecule has 0 saturated heterocycles. The SMILES string of the molecule is CCCOc1ccc(C(=O)CCC(=O)OCC(=O)Nc2ccc([N+](=O)[O-])cc2C)cc1. The lowest BCUT2D eigenvalue weighted by atomic mass is 10.1. The normalized spacial score (nSPS) is 10.3. The number of nitro groups is 1. The van der Waals surface area contributed by atoms with Gasteiger partial charge in [0.15, 0.2) is 12.4 Å². The van der Waals surface area contributed by atoms with Gasteiger partial charge in [0.1, 0.15) is 5.75 Å². The van der Waals surface area contributed by atoms with Crippen LogP contribution < -0.4 is 10.1 Å². The molecule has 0 heterocycles. The van der Waals surface area contributed by atoms with Crippen LogP contribution in [-0.2, 0) is 14.3 Å². The number of carbonyl (C=O) groups excluding carboxylic acids is 3. The van der Waals surface area contributed by atoms with E-state index < -0.39 is 23.4 Å². The number of anilines is 1. The topological polar surface area (TPSA) is 125 Å². The van der Waals surface area contributed by atoms with Crippen molar-refractivity contribution in [3.63, 3.8) is 0 Å². The number of hydrogen-bond donors (Lipinski definition) is 1. The van der Waals surface area contributed by atoms with Crippen LogP contribution in [0.5, 0.6) is 5.75 Å². The Morgan fingerprint density at radius 2 is 1.77 bits per heavy atom. The Labute approximate surface area is 179 Å². The van der Waals surface area contributed by atoms with Crippen LogP contribution >= 0.6 is 0 Å². The Morgan fingerprint density at radius 1 is 1.06 bits per heavy atom. The third-order valence-electron chi connectivity index (χ3n) is 4.26. The van der Waals surface area contributed by atoms with E-state index >= 15 is 0 Å². The Bertz CT molecular complexity index is 955. The Balaban J connectivity index is 1.75. The van der Waals surface area contributed by atoms with Gasteiger partial charge in [0.25, 0.3) is 11.6 Å². The maximum Gasteiger partial charge on any atom is 0.306 e. The first-order chi connectivity index (χ1) is 14.8. The zero-order chi connectivity index (χ0) is 22.8. The lowest BCUT2D eigenvalue weighted by molar-refractivity contribution is -0.384. The maximum atomic E-state index is 12.2. The number of esters is 1. The van der Waals surface area contributed by atoms with Gasteiger partial charge in [-0.1, -0.05) is 6.92 Å². The minimum absolute atomic E-state index is 0.0446. The van der Waals surface area contributed by atoms with E-state index in [1.54, 1.807) is 31.2 Å². The number of ether oxygens (including phenoxy) is 2. The van der Waals surface area contributed by atoms with Crippen molar-refractivity contribution >= 4 is 29.0 Å². The van der Waals surface area contributed by atoms with Gasteiger partial charge in [-0.15, -0.1) is 0 Å². The molecule has 0 aromatic heterocycles. The predicted molar refractivity (Wildman–Crippen MR) is 113 cm³/mol. The number of hydrogen-bond acceptors (Lipinski definition) is 7. The number of Topliss-reactive ketones (excluding diaryl/α,β-unsaturated/α-hetero) is 1. The van der Waals surface area contributed by atoms with Crippen LogP contribution in [0.25, 0.3) is 0 Å². The Hall–Kier alpha value is -3.75. The van der Waals surface area contributed by atoms with Crippen molar-refractivity contribution in [2.45, 2.75) is 33.1 Å². The minimum atomic E-state index is -0.674. The standard InChI is InChI=1S/C22H24N2O7/c1-3-12-30-18-7-4-16(5-8-18)20(25)10-11-22(27)31-14-21(26)23-19-9-6-17(24(28)29)13-15(19)2/h4-9,13H,3,10-12,14H2,1-2H3,(H,23,26). The van der Waals surface area contributed by atoms with E-state index in [0.29, 0.717) is 29.2 Å². The van der Waals surface area contributed by atoms with Gasteiger partial charge in [0.05, 0.1) is 18.0 Å². The molecular weight excluding hydrogens is 404 g/mol. The van der Waals surface area contributed by atoms with Crippen molar-refractivity contribution in [2.75, 3.05) is 18.5 Å². The number of ketones is 1. The summed E-state index contributed by atoms with van der Waals surface area (Å²) in [7, 11) is 0. The molecule has 1 N–H and O–H groups in total. The molecule has 2 rings (SSSR count). The van der Waals surface area contributed by atoms with Crippen LogP contribution in [0.1, 0.15) is 42.1 Å². The first-order valence-electron chi connectivity index (χ1n) is 9.76. The average molecular weight is 428 g/mol. The van der Waals surface area contributed by atoms with E-state index in [9.17, 15) is 24.5 Å². The van der Waals surface area contributed by atoms with Gasteiger partial charge in [-0.05, 0) is 49.2 Å². The quantitative estimate of drug-likeness (QED) is 0.249. The van der Waals surface area contributed by atoms with Gasteiger partial charge in [0, 0.05) is 29.8 Å². The largest absolute Gasteiger partial charge is 0.494 e. The van der Waals surface area contributed by atoms with Crippen molar-refractivity contribution in [1.29, 1.82) is 0 Å². The summed E-state index contributed by atoms with van der Waals surface area (Å²) < 4.78 is 10.4. The lowest BCUT2D eigenvalue weighted by Gasteiger charge is -2.09. The van der Waals surface area contributed by atoms with Gasteiger partial charge in [-0.3, -0.25) is 24.5 Å². The molecule has 2 aromatic carbocycles. The lowest BCUT2D eigenvalue weighted by Crippen LogP contribution is -2.21. The number of nitrogens with one attached hydrogen (secondary N) is 1. The van der Waals surface area contributed by atoms with E-state index in [0.717, 1.165) is 6.42 Å². The van der Waals surface area contributed by atoms with E-state index in [1.165, 1.54) is 18.2 Å². The molecule has 0 bridgehead atoms. The third kappa shape index (κ3) is 7.54. The zero-order valence-corrected chi connectivity index (χ0v) is 17.4. The van der Waals surface area contributed by atoms with Crippen LogP contribution in [0.2, 0.25) is 0 Å². The fraction of sp³-hybridized carbons (Fsp3) is 0.318. The van der Waals surface area contributed by atoms with Gasteiger partial charge < -0.3 is 14.8 Å². The molecule has 0 aliphatic carbocycles. The van der Waals surface area contributed by atoms with Crippen LogP contribution in [-0.4, -0.2) is 35.8 Å². The predicted octanol–water partition coefficient (Wildman–Crippen LogP) is 3.84. The number of aryl methyl sites for hydroxylation is 1. The molecule has 2 aromatic rings. The molecule has 0 spiro atoms. The molecule has 0 saturated carbocycles. The van der Waals surface area contributed by atoms with Crippen molar-refractivity contribution in [1.82, 2.24) is 0 Å². The molecule has 164 valence electrons.